The molecule has 0 spiro atoms. The summed E-state index contributed by atoms with van der Waals surface area (Å²) in [4.78, 5) is 7.25. The molecule has 27 heavy (non-hydrogen) atoms. The van der Waals surface area contributed by atoms with E-state index in [2.05, 4.69) is 51.4 Å². The molecule has 3 aromatic rings. The van der Waals surface area contributed by atoms with Crippen molar-refractivity contribution in [1.82, 2.24) is 0 Å². The van der Waals surface area contributed by atoms with Crippen molar-refractivity contribution in [3.63, 3.8) is 0 Å². The van der Waals surface area contributed by atoms with Gasteiger partial charge in [0.25, 0.3) is 0 Å². The van der Waals surface area contributed by atoms with Gasteiger partial charge in [-0.2, -0.15) is 53.6 Å². The average molecular weight is 492 g/mol. The molecule has 8 heteroatoms. The van der Waals surface area contributed by atoms with E-state index >= 15 is 0 Å². The molecule has 0 saturated heterocycles. The van der Waals surface area contributed by atoms with Gasteiger partial charge in [0.1, 0.15) is 0 Å². The van der Waals surface area contributed by atoms with Gasteiger partial charge in [0.05, 0.1) is 0 Å². The summed E-state index contributed by atoms with van der Waals surface area (Å²) in [5, 5.41) is 0. The van der Waals surface area contributed by atoms with Crippen molar-refractivity contribution < 1.29 is 60.5 Å². The van der Waals surface area contributed by atoms with Crippen LogP contribution in [0.2, 0.25) is 0 Å². The molecule has 0 bridgehead atoms. The molecule has 0 aliphatic heterocycles. The van der Waals surface area contributed by atoms with Gasteiger partial charge in [-0.3, -0.25) is 0 Å². The van der Waals surface area contributed by atoms with Gasteiger partial charge >= 0.3 is 56.7 Å². The van der Waals surface area contributed by atoms with Crippen LogP contribution >= 0.6 is 0 Å². The first-order valence-electron chi connectivity index (χ1n) is 6.41. The van der Waals surface area contributed by atoms with Gasteiger partial charge in [-0.1, -0.05) is 13.8 Å². The molecule has 2 N–H and O–H groups in total. The van der Waals surface area contributed by atoms with Gasteiger partial charge in [0.2, 0.25) is 0 Å². The second-order valence-corrected chi connectivity index (χ2v) is 3.89. The number of rotatable bonds is 0. The molecule has 0 unspecified atom stereocenters. The number of aryl methyl sites for hydroxylation is 2. The summed E-state index contributed by atoms with van der Waals surface area (Å²) in [7, 11) is 0. The second kappa shape index (κ2) is 44.3. The van der Waals surface area contributed by atoms with Gasteiger partial charge in [-0.15, -0.1) is 0 Å². The van der Waals surface area contributed by atoms with Crippen molar-refractivity contribution in [2.45, 2.75) is 13.8 Å². The fourth-order valence-electron chi connectivity index (χ4n) is 1.26. The van der Waals surface area contributed by atoms with Gasteiger partial charge in [0.15, 0.2) is 0 Å². The molecule has 149 valence electrons. The van der Waals surface area contributed by atoms with Crippen LogP contribution in [0.5, 0.6) is 0 Å². The summed E-state index contributed by atoms with van der Waals surface area (Å²) in [5.74, 6) is 0. The van der Waals surface area contributed by atoms with Crippen LogP contribution in [0.1, 0.15) is 11.1 Å². The quantitative estimate of drug-likeness (QED) is 0.221. The molecule has 3 rings (SSSR count). The summed E-state index contributed by atoms with van der Waals surface area (Å²) in [6, 6.07) is 26.5. The Morgan fingerprint density at radius 1 is 0.778 bits per heavy atom. The summed E-state index contributed by atoms with van der Waals surface area (Å²) < 4.78 is 15.0. The molecule has 0 aliphatic rings. The maximum atomic E-state index is 7.50. The largest absolute Gasteiger partial charge is 2.00 e. The standard InChI is InChI=1S/2C6H7.C5H5.2CO.2Fe.Mn.NO.H2N/c2*1-6-4-2-3-5-6;1-2-4-5-3-1;2*1-2;;;;1-2;/h2*2-5H,1H3;1-5H;;;;;;;1H2/q3*-1;;;;2*+2;2*-1. The molecule has 0 amide bonds. The fraction of sp³-hybridized carbons (Fsp3) is 0.105. The van der Waals surface area contributed by atoms with E-state index in [1.54, 1.807) is 0 Å². The zero-order valence-corrected chi connectivity index (χ0v) is 18.2. The van der Waals surface area contributed by atoms with Crippen LogP contribution in [0.15, 0.2) is 78.9 Å². The number of nitrogens with two attached hydrogens (primary N) is 1. The second-order valence-electron chi connectivity index (χ2n) is 3.89. The molecule has 0 fully saturated rings. The summed E-state index contributed by atoms with van der Waals surface area (Å²) in [6.07, 6.45) is 0. The minimum atomic E-state index is 0. The number of nitrogens with zero attached hydrogens (tertiary/aromatic N) is 1. The molecular formula is C19H21Fe2MnN2O3-. The van der Waals surface area contributed by atoms with Crippen LogP contribution in [0.25, 0.3) is 11.7 Å². The number of hydrogen-bond donors (Lipinski definition) is 0. The van der Waals surface area contributed by atoms with Gasteiger partial charge in [-0.25, -0.2) is 36.4 Å². The first kappa shape index (κ1) is 44.8. The van der Waals surface area contributed by atoms with Gasteiger partial charge in [-0.05, 0) is 0 Å². The van der Waals surface area contributed by atoms with Crippen molar-refractivity contribution in [2.24, 2.45) is 0 Å². The van der Waals surface area contributed by atoms with Crippen molar-refractivity contribution in [3.05, 3.63) is 120 Å². The van der Waals surface area contributed by atoms with Crippen molar-refractivity contribution in [1.29, 1.82) is 0 Å². The van der Waals surface area contributed by atoms with Crippen LogP contribution in [-0.4, -0.2) is 0 Å². The molecule has 0 atom stereocenters. The predicted molar refractivity (Wildman–Crippen MR) is 95.4 cm³/mol. The van der Waals surface area contributed by atoms with Crippen LogP contribution in [0.4, 0.5) is 0 Å². The molecule has 0 saturated carbocycles. The summed E-state index contributed by atoms with van der Waals surface area (Å²) in [6.45, 7) is 13.2. The van der Waals surface area contributed by atoms with Crippen LogP contribution in [0, 0.1) is 32.1 Å². The Bertz CT molecular complexity index is 497. The van der Waals surface area contributed by atoms with E-state index < -0.39 is 0 Å². The van der Waals surface area contributed by atoms with Gasteiger partial charge in [0, 0.05) is 17.1 Å². The summed E-state index contributed by atoms with van der Waals surface area (Å²) >= 11 is 0. The first-order chi connectivity index (χ1) is 11.3. The van der Waals surface area contributed by atoms with E-state index in [9.17, 15) is 0 Å². The Balaban J connectivity index is -0.0000000367. The molecular weight excluding hydrogens is 471 g/mol. The topological polar surface area (TPSA) is 113 Å². The monoisotopic (exact) mass is 492 g/mol. The van der Waals surface area contributed by atoms with E-state index in [-0.39, 0.29) is 57.4 Å². The molecule has 0 aromatic heterocycles. The number of nitroso groups, excluding NO2 is 1. The predicted octanol–water partition coefficient (Wildman–Crippen LogP) is 5.79. The average Bonchev–Trinajstić information content (AvgIpc) is 3.39. The van der Waals surface area contributed by atoms with Crippen molar-refractivity contribution in [3.8, 4) is 0 Å². The molecule has 0 aliphatic carbocycles. The van der Waals surface area contributed by atoms with E-state index in [1.807, 2.05) is 54.6 Å². The SMILES string of the molecule is Cc1ccc[cH-]1.Cc1ccc[cH-]1.[C-]#[O+].[C-]#[O+].[Fe+2].[Fe].[Mn+2].[N-]=O.[NH2-].c1cc[cH-]c1. The Labute approximate surface area is 193 Å². The summed E-state index contributed by atoms with van der Waals surface area (Å²) in [5.41, 5.74) is 8.44. The van der Waals surface area contributed by atoms with Crippen molar-refractivity contribution >= 4 is 0 Å². The van der Waals surface area contributed by atoms with E-state index in [0.29, 0.717) is 0 Å². The maximum Gasteiger partial charge on any atom is 2.00 e. The Hall–Kier alpha value is -1.35. The molecule has 3 aromatic carbocycles. The number of hydrogen-bond acceptors (Lipinski definition) is 1. The van der Waals surface area contributed by atoms with E-state index in [4.69, 9.17) is 19.8 Å². The van der Waals surface area contributed by atoms with Crippen molar-refractivity contribution in [2.75, 3.05) is 0 Å². The third kappa shape index (κ3) is 40.6. The minimum Gasteiger partial charge on any atom is -0.693 e. The normalized spacial score (nSPS) is 5.70. The Morgan fingerprint density at radius 3 is 1.15 bits per heavy atom. The molecule has 5 nitrogen and oxygen atoms in total. The zero-order chi connectivity index (χ0) is 18.3. The fourth-order valence-corrected chi connectivity index (χ4v) is 1.26. The van der Waals surface area contributed by atoms with Crippen LogP contribution in [0.3, 0.4) is 0 Å². The minimum absolute atomic E-state index is 0. The zero-order valence-electron chi connectivity index (χ0n) is 14.8. The Morgan fingerprint density at radius 2 is 1.07 bits per heavy atom. The Kier molecular flexibility index (Phi) is 73.4. The molecule has 1 radical (unpaired) electrons. The van der Waals surface area contributed by atoms with E-state index in [1.165, 1.54) is 11.1 Å². The maximum absolute atomic E-state index is 7.50. The van der Waals surface area contributed by atoms with Crippen LogP contribution < -0.4 is 0 Å². The third-order valence-corrected chi connectivity index (χ3v) is 2.21. The smallest absolute Gasteiger partial charge is 0.693 e. The first-order valence-corrected chi connectivity index (χ1v) is 6.41. The van der Waals surface area contributed by atoms with Crippen LogP contribution in [-0.2, 0) is 60.5 Å². The molecule has 0 heterocycles. The van der Waals surface area contributed by atoms with E-state index in [0.717, 1.165) is 0 Å². The third-order valence-electron chi connectivity index (χ3n) is 2.21. The van der Waals surface area contributed by atoms with Gasteiger partial charge < -0.3 is 16.7 Å².